The van der Waals surface area contributed by atoms with Crippen molar-refractivity contribution < 1.29 is 9.90 Å². The van der Waals surface area contributed by atoms with Crippen molar-refractivity contribution in [2.24, 2.45) is 5.73 Å². The Labute approximate surface area is 165 Å². The number of hydrogen-bond acceptors (Lipinski definition) is 3. The summed E-state index contributed by atoms with van der Waals surface area (Å²) >= 11 is 0. The topological polar surface area (TPSA) is 75.4 Å². The van der Waals surface area contributed by atoms with Crippen molar-refractivity contribution in [2.75, 3.05) is 6.61 Å². The molecule has 144 valence electrons. The zero-order chi connectivity index (χ0) is 19.5. The molecular formula is C24H26N2O2. The maximum atomic E-state index is 12.8. The highest BCUT2D eigenvalue weighted by atomic mass is 16.3. The van der Waals surface area contributed by atoms with Gasteiger partial charge in [-0.25, -0.2) is 0 Å². The largest absolute Gasteiger partial charge is 0.394 e. The van der Waals surface area contributed by atoms with Crippen molar-refractivity contribution in [2.45, 2.75) is 36.8 Å². The van der Waals surface area contributed by atoms with E-state index in [4.69, 9.17) is 5.73 Å². The van der Waals surface area contributed by atoms with E-state index in [9.17, 15) is 9.90 Å². The molecule has 0 aliphatic carbocycles. The van der Waals surface area contributed by atoms with Gasteiger partial charge in [0, 0.05) is 11.8 Å². The van der Waals surface area contributed by atoms with E-state index in [1.807, 2.05) is 42.5 Å². The van der Waals surface area contributed by atoms with Gasteiger partial charge in [-0.05, 0) is 34.7 Å². The molecule has 1 amide bonds. The molecule has 3 aromatic rings. The molecule has 0 unspecified atom stereocenters. The Kier molecular flexibility index (Phi) is 5.42. The number of carbonyl (C=O) groups excluding carboxylic acids is 1. The van der Waals surface area contributed by atoms with Crippen LogP contribution < -0.4 is 11.1 Å². The first-order valence-corrected chi connectivity index (χ1v) is 9.88. The number of benzene rings is 3. The smallest absolute Gasteiger partial charge is 0.237 e. The summed E-state index contributed by atoms with van der Waals surface area (Å²) < 4.78 is 0. The van der Waals surface area contributed by atoms with Gasteiger partial charge >= 0.3 is 0 Å². The summed E-state index contributed by atoms with van der Waals surface area (Å²) in [4.78, 5) is 12.8. The van der Waals surface area contributed by atoms with Gasteiger partial charge in [-0.2, -0.15) is 0 Å². The van der Waals surface area contributed by atoms with Gasteiger partial charge in [0.15, 0.2) is 0 Å². The molecule has 4 N–H and O–H groups in total. The van der Waals surface area contributed by atoms with Crippen molar-refractivity contribution in [1.82, 2.24) is 5.32 Å². The van der Waals surface area contributed by atoms with Crippen LogP contribution in [0.15, 0.2) is 72.8 Å². The Morgan fingerprint density at radius 2 is 1.54 bits per heavy atom. The first kappa shape index (κ1) is 18.7. The predicted molar refractivity (Wildman–Crippen MR) is 112 cm³/mol. The van der Waals surface area contributed by atoms with Crippen LogP contribution in [0.2, 0.25) is 0 Å². The average molecular weight is 374 g/mol. The van der Waals surface area contributed by atoms with Crippen LogP contribution in [0.4, 0.5) is 0 Å². The minimum Gasteiger partial charge on any atom is -0.394 e. The predicted octanol–water partition coefficient (Wildman–Crippen LogP) is 3.31. The zero-order valence-electron chi connectivity index (χ0n) is 15.8. The second kappa shape index (κ2) is 8.13. The summed E-state index contributed by atoms with van der Waals surface area (Å²) in [6.07, 6.45) is 1.64. The summed E-state index contributed by atoms with van der Waals surface area (Å²) in [7, 11) is 0. The van der Waals surface area contributed by atoms with Gasteiger partial charge in [0.25, 0.3) is 0 Å². The van der Waals surface area contributed by atoms with Crippen molar-refractivity contribution in [3.05, 3.63) is 83.9 Å². The van der Waals surface area contributed by atoms with Gasteiger partial charge in [0.2, 0.25) is 5.91 Å². The molecule has 1 saturated heterocycles. The lowest BCUT2D eigenvalue weighted by molar-refractivity contribution is -0.124. The third-order valence-corrected chi connectivity index (χ3v) is 5.96. The molecule has 1 fully saturated rings. The number of hydrogen-bond donors (Lipinski definition) is 3. The van der Waals surface area contributed by atoms with E-state index < -0.39 is 6.04 Å². The Morgan fingerprint density at radius 3 is 2.29 bits per heavy atom. The van der Waals surface area contributed by atoms with Crippen molar-refractivity contribution in [1.29, 1.82) is 0 Å². The van der Waals surface area contributed by atoms with Gasteiger partial charge in [-0.1, -0.05) is 72.8 Å². The summed E-state index contributed by atoms with van der Waals surface area (Å²) in [5.74, 6) is -0.195. The van der Waals surface area contributed by atoms with Gasteiger partial charge in [-0.15, -0.1) is 0 Å². The third-order valence-electron chi connectivity index (χ3n) is 5.96. The van der Waals surface area contributed by atoms with Crippen LogP contribution in [0.5, 0.6) is 0 Å². The highest BCUT2D eigenvalue weighted by Crippen LogP contribution is 2.35. The molecule has 0 saturated carbocycles. The van der Waals surface area contributed by atoms with Gasteiger partial charge in [0.1, 0.15) is 0 Å². The summed E-state index contributed by atoms with van der Waals surface area (Å²) in [6.45, 7) is -0.105. The highest BCUT2D eigenvalue weighted by molar-refractivity contribution is 5.84. The minimum absolute atomic E-state index is 0.0381. The number of carbonyl (C=O) groups is 1. The SMILES string of the molecule is N[C@H]1C(=O)N[C@H](CO)[C@@H](c2ccc3ccccc3c2)CC[C@@H]1c1ccccc1. The minimum atomic E-state index is -0.617. The fourth-order valence-electron chi connectivity index (χ4n) is 4.39. The lowest BCUT2D eigenvalue weighted by atomic mass is 9.78. The molecule has 0 spiro atoms. The molecule has 1 aliphatic rings. The van der Waals surface area contributed by atoms with Crippen LogP contribution in [0.3, 0.4) is 0 Å². The van der Waals surface area contributed by atoms with Crippen LogP contribution in [0.1, 0.15) is 35.8 Å². The number of nitrogens with one attached hydrogen (secondary N) is 1. The third kappa shape index (κ3) is 3.66. The van der Waals surface area contributed by atoms with Crippen molar-refractivity contribution >= 4 is 16.7 Å². The molecule has 4 atom stereocenters. The Hall–Kier alpha value is -2.69. The van der Waals surface area contributed by atoms with Crippen molar-refractivity contribution in [3.63, 3.8) is 0 Å². The molecule has 1 heterocycles. The van der Waals surface area contributed by atoms with Crippen LogP contribution in [-0.4, -0.2) is 29.7 Å². The van der Waals surface area contributed by atoms with E-state index in [1.54, 1.807) is 0 Å². The first-order valence-electron chi connectivity index (χ1n) is 9.88. The van der Waals surface area contributed by atoms with Gasteiger partial charge < -0.3 is 16.2 Å². The molecule has 28 heavy (non-hydrogen) atoms. The molecule has 3 aromatic carbocycles. The van der Waals surface area contributed by atoms with E-state index in [-0.39, 0.29) is 30.4 Å². The maximum Gasteiger partial charge on any atom is 0.237 e. The summed E-state index contributed by atoms with van der Waals surface area (Å²) in [5.41, 5.74) is 8.53. The molecule has 0 bridgehead atoms. The Balaban J connectivity index is 1.68. The van der Waals surface area contributed by atoms with E-state index in [0.717, 1.165) is 24.0 Å². The maximum absolute atomic E-state index is 12.8. The van der Waals surface area contributed by atoms with E-state index in [1.165, 1.54) is 10.8 Å². The van der Waals surface area contributed by atoms with Crippen LogP contribution in [0.25, 0.3) is 10.8 Å². The molecule has 0 aromatic heterocycles. The normalized spacial score (nSPS) is 25.7. The highest BCUT2D eigenvalue weighted by Gasteiger charge is 2.34. The molecule has 4 nitrogen and oxygen atoms in total. The average Bonchev–Trinajstić information content (AvgIpc) is 2.74. The Bertz CT molecular complexity index is 957. The second-order valence-corrected chi connectivity index (χ2v) is 7.63. The standard InChI is InChI=1S/C24H26N2O2/c25-23-21(17-7-2-1-3-8-17)13-12-20(22(15-27)26-24(23)28)19-11-10-16-6-4-5-9-18(16)14-19/h1-11,14,20-23,27H,12-13,15,25H2,(H,26,28)/t20-,21-,22-,23-/m1/s1. The zero-order valence-corrected chi connectivity index (χ0v) is 15.8. The molecular weight excluding hydrogens is 348 g/mol. The quantitative estimate of drug-likeness (QED) is 0.658. The number of aliphatic hydroxyl groups excluding tert-OH is 1. The van der Waals surface area contributed by atoms with Crippen LogP contribution in [-0.2, 0) is 4.79 Å². The molecule has 1 aliphatic heterocycles. The molecule has 4 heteroatoms. The summed E-state index contributed by atoms with van der Waals surface area (Å²) in [6, 6.07) is 23.7. The van der Waals surface area contributed by atoms with Crippen LogP contribution >= 0.6 is 0 Å². The van der Waals surface area contributed by atoms with E-state index in [0.29, 0.717) is 0 Å². The van der Waals surface area contributed by atoms with Gasteiger partial charge in [0.05, 0.1) is 18.7 Å². The fourth-order valence-corrected chi connectivity index (χ4v) is 4.39. The Morgan fingerprint density at radius 1 is 0.857 bits per heavy atom. The number of aliphatic hydroxyl groups is 1. The second-order valence-electron chi connectivity index (χ2n) is 7.63. The number of nitrogens with two attached hydrogens (primary N) is 1. The fraction of sp³-hybridized carbons (Fsp3) is 0.292. The van der Waals surface area contributed by atoms with E-state index in [2.05, 4.69) is 35.6 Å². The first-order chi connectivity index (χ1) is 13.7. The summed E-state index contributed by atoms with van der Waals surface area (Å²) in [5, 5.41) is 15.3. The van der Waals surface area contributed by atoms with Crippen molar-refractivity contribution in [3.8, 4) is 0 Å². The monoisotopic (exact) mass is 374 g/mol. The molecule has 4 rings (SSSR count). The van der Waals surface area contributed by atoms with Crippen LogP contribution in [0, 0.1) is 0 Å². The number of rotatable bonds is 3. The lowest BCUT2D eigenvalue weighted by Gasteiger charge is -2.35. The lowest BCUT2D eigenvalue weighted by Crippen LogP contribution is -2.52. The van der Waals surface area contributed by atoms with Gasteiger partial charge in [-0.3, -0.25) is 4.79 Å². The number of fused-ring (bicyclic) bond motifs is 1. The molecule has 0 radical (unpaired) electrons. The number of amides is 1. The van der Waals surface area contributed by atoms with E-state index >= 15 is 0 Å².